The van der Waals surface area contributed by atoms with Crippen molar-refractivity contribution in [3.05, 3.63) is 179 Å². The average Bonchev–Trinajstić information content (AvgIpc) is 3.11. The van der Waals surface area contributed by atoms with Gasteiger partial charge in [0.1, 0.15) is 0 Å². The minimum atomic E-state index is -2.52. The third kappa shape index (κ3) is 9.20. The van der Waals surface area contributed by atoms with E-state index in [4.69, 9.17) is 12.3 Å². The van der Waals surface area contributed by atoms with Crippen LogP contribution in [0.5, 0.6) is 0 Å². The number of rotatable bonds is 12. The number of hydrogen-bond donors (Lipinski definition) is 0. The van der Waals surface area contributed by atoms with Gasteiger partial charge < -0.3 is 12.3 Å². The molecule has 248 valence electrons. The zero-order valence-corrected chi connectivity index (χ0v) is 34.0. The standard InChI is InChI=1S/C42H46O3Si4/c1-31-7-19-37(20-8-31)46(38-21-9-32(2)10-22-38)43-48(41-27-15-35(5)16-28-41)45-49(42-29-17-36(6)18-30-42)44-47(39-23-11-33(3)12-24-39)40-25-13-34(4)14-26-40/h7-30,46-49H,1-6H3. The molecule has 0 amide bonds. The van der Waals surface area contributed by atoms with Crippen LogP contribution in [0.15, 0.2) is 146 Å². The van der Waals surface area contributed by atoms with Gasteiger partial charge in [-0.3, -0.25) is 0 Å². The molecule has 49 heavy (non-hydrogen) atoms. The Morgan fingerprint density at radius 1 is 0.245 bits per heavy atom. The molecule has 2 atom stereocenters. The van der Waals surface area contributed by atoms with Gasteiger partial charge in [-0.15, -0.1) is 0 Å². The minimum absolute atomic E-state index is 1.14. The molecule has 0 aromatic heterocycles. The van der Waals surface area contributed by atoms with E-state index in [1.807, 2.05) is 0 Å². The van der Waals surface area contributed by atoms with Gasteiger partial charge in [0.25, 0.3) is 0 Å². The molecule has 0 fully saturated rings. The van der Waals surface area contributed by atoms with Crippen LogP contribution in [0.1, 0.15) is 33.4 Å². The van der Waals surface area contributed by atoms with Crippen LogP contribution in [-0.2, 0) is 12.3 Å². The van der Waals surface area contributed by atoms with E-state index in [-0.39, 0.29) is 0 Å². The van der Waals surface area contributed by atoms with Crippen LogP contribution in [0.4, 0.5) is 0 Å². The van der Waals surface area contributed by atoms with Crippen molar-refractivity contribution in [3.8, 4) is 0 Å². The van der Waals surface area contributed by atoms with E-state index in [1.165, 1.54) is 54.1 Å². The number of aryl methyl sites for hydroxylation is 6. The molecule has 0 bridgehead atoms. The Kier molecular flexibility index (Phi) is 11.5. The second-order valence-corrected chi connectivity index (χ2v) is 23.4. The van der Waals surface area contributed by atoms with Crippen molar-refractivity contribution in [1.82, 2.24) is 0 Å². The lowest BCUT2D eigenvalue weighted by Gasteiger charge is -2.30. The molecular formula is C42H46O3Si4. The van der Waals surface area contributed by atoms with Gasteiger partial charge in [0.05, 0.1) is 0 Å². The van der Waals surface area contributed by atoms with Crippen LogP contribution in [0, 0.1) is 41.5 Å². The van der Waals surface area contributed by atoms with Gasteiger partial charge in [-0.25, -0.2) is 0 Å². The molecule has 0 N–H and O–H groups in total. The first kappa shape index (κ1) is 34.9. The Morgan fingerprint density at radius 2 is 0.429 bits per heavy atom. The highest BCUT2D eigenvalue weighted by Gasteiger charge is 2.33. The molecule has 0 aliphatic carbocycles. The summed E-state index contributed by atoms with van der Waals surface area (Å²) in [7, 11) is -9.32. The molecule has 6 aromatic rings. The molecule has 0 aliphatic rings. The van der Waals surface area contributed by atoms with Gasteiger partial charge in [-0.1, -0.05) is 179 Å². The van der Waals surface area contributed by atoms with Crippen molar-refractivity contribution < 1.29 is 12.3 Å². The van der Waals surface area contributed by atoms with Crippen molar-refractivity contribution >= 4 is 67.8 Å². The molecule has 0 radical (unpaired) electrons. The van der Waals surface area contributed by atoms with Crippen molar-refractivity contribution in [1.29, 1.82) is 0 Å². The molecule has 0 heterocycles. The molecule has 6 aromatic carbocycles. The summed E-state index contributed by atoms with van der Waals surface area (Å²) >= 11 is 0. The van der Waals surface area contributed by atoms with Gasteiger partial charge in [-0.05, 0) is 72.7 Å². The Balaban J connectivity index is 1.44. The lowest BCUT2D eigenvalue weighted by molar-refractivity contribution is 0.402. The zero-order chi connectivity index (χ0) is 34.3. The Hall–Kier alpha value is -3.93. The van der Waals surface area contributed by atoms with E-state index in [2.05, 4.69) is 187 Å². The van der Waals surface area contributed by atoms with E-state index < -0.39 is 36.6 Å². The summed E-state index contributed by atoms with van der Waals surface area (Å²) in [6.07, 6.45) is 0. The molecule has 0 aliphatic heterocycles. The Labute approximate surface area is 299 Å². The highest BCUT2D eigenvalue weighted by atomic mass is 28.4. The van der Waals surface area contributed by atoms with Crippen LogP contribution in [0.3, 0.4) is 0 Å². The molecular weight excluding hydrogens is 665 g/mol. The number of benzene rings is 6. The predicted molar refractivity (Wildman–Crippen MR) is 217 cm³/mol. The van der Waals surface area contributed by atoms with Crippen LogP contribution in [0.2, 0.25) is 0 Å². The lowest BCUT2D eigenvalue weighted by Crippen LogP contribution is -2.58. The van der Waals surface area contributed by atoms with E-state index in [0.29, 0.717) is 0 Å². The van der Waals surface area contributed by atoms with Gasteiger partial charge in [0, 0.05) is 0 Å². The fraction of sp³-hybridized carbons (Fsp3) is 0.143. The van der Waals surface area contributed by atoms with Crippen LogP contribution >= 0.6 is 0 Å². The monoisotopic (exact) mass is 710 g/mol. The van der Waals surface area contributed by atoms with Crippen LogP contribution < -0.4 is 31.1 Å². The molecule has 2 unspecified atom stereocenters. The fourth-order valence-electron chi connectivity index (χ4n) is 5.85. The average molecular weight is 711 g/mol. The zero-order valence-electron chi connectivity index (χ0n) is 29.4. The highest BCUT2D eigenvalue weighted by Crippen LogP contribution is 2.09. The fourth-order valence-corrected chi connectivity index (χ4v) is 19.4. The largest absolute Gasteiger partial charge is 0.430 e. The molecule has 0 saturated heterocycles. The first-order valence-electron chi connectivity index (χ1n) is 17.1. The van der Waals surface area contributed by atoms with Crippen LogP contribution in [-0.4, -0.2) is 36.6 Å². The third-order valence-corrected chi connectivity index (χ3v) is 20.9. The van der Waals surface area contributed by atoms with Gasteiger partial charge in [0.15, 0.2) is 0 Å². The summed E-state index contributed by atoms with van der Waals surface area (Å²) in [5, 5.41) is 7.29. The molecule has 0 saturated carbocycles. The SMILES string of the molecule is Cc1ccc([SiH](O[SiH](O[SiH](c2ccc(C)cc2)c2ccc(C)cc2)c2ccc(C)cc2)O[SiH](c2ccc(C)cc2)c2ccc(C)cc2)cc1. The molecule has 7 heteroatoms. The highest BCUT2D eigenvalue weighted by molar-refractivity contribution is 6.90. The summed E-state index contributed by atoms with van der Waals surface area (Å²) in [5.74, 6) is 0. The van der Waals surface area contributed by atoms with E-state index in [0.717, 1.165) is 10.4 Å². The Bertz CT molecular complexity index is 1690. The third-order valence-electron chi connectivity index (χ3n) is 8.99. The summed E-state index contributed by atoms with van der Waals surface area (Å²) in [6, 6.07) is 53.1. The van der Waals surface area contributed by atoms with Gasteiger partial charge in [0.2, 0.25) is 18.1 Å². The van der Waals surface area contributed by atoms with Crippen molar-refractivity contribution in [2.75, 3.05) is 0 Å². The maximum atomic E-state index is 7.45. The maximum absolute atomic E-state index is 7.45. The summed E-state index contributed by atoms with van der Waals surface area (Å²) in [6.45, 7) is 12.8. The van der Waals surface area contributed by atoms with E-state index >= 15 is 0 Å². The van der Waals surface area contributed by atoms with Crippen molar-refractivity contribution in [2.24, 2.45) is 0 Å². The smallest absolute Gasteiger partial charge is 0.337 e. The Morgan fingerprint density at radius 3 is 0.633 bits per heavy atom. The molecule has 3 nitrogen and oxygen atoms in total. The topological polar surface area (TPSA) is 27.7 Å². The van der Waals surface area contributed by atoms with Gasteiger partial charge in [-0.2, -0.15) is 0 Å². The van der Waals surface area contributed by atoms with Gasteiger partial charge >= 0.3 is 18.6 Å². The maximum Gasteiger partial charge on any atom is 0.337 e. The van der Waals surface area contributed by atoms with Crippen molar-refractivity contribution in [2.45, 2.75) is 41.5 Å². The summed E-state index contributed by atoms with van der Waals surface area (Å²) in [4.78, 5) is 0. The molecule has 6 rings (SSSR count). The second-order valence-electron chi connectivity index (χ2n) is 13.3. The predicted octanol–water partition coefficient (Wildman–Crippen LogP) is 4.22. The lowest BCUT2D eigenvalue weighted by atomic mass is 10.2. The summed E-state index contributed by atoms with van der Waals surface area (Å²) in [5.41, 5.74) is 7.41. The van der Waals surface area contributed by atoms with Crippen LogP contribution in [0.25, 0.3) is 0 Å². The van der Waals surface area contributed by atoms with E-state index in [9.17, 15) is 0 Å². The first-order valence-corrected chi connectivity index (χ1v) is 23.4. The molecule has 0 spiro atoms. The number of hydrogen-bond acceptors (Lipinski definition) is 3. The minimum Gasteiger partial charge on any atom is -0.430 e. The normalized spacial score (nSPS) is 12.7. The summed E-state index contributed by atoms with van der Waals surface area (Å²) < 4.78 is 22.4. The van der Waals surface area contributed by atoms with E-state index in [1.54, 1.807) is 0 Å². The first-order chi connectivity index (χ1) is 23.7. The second kappa shape index (κ2) is 16.2. The van der Waals surface area contributed by atoms with Crippen molar-refractivity contribution in [3.63, 3.8) is 0 Å². The quantitative estimate of drug-likeness (QED) is 0.178.